The molecule has 0 unspecified atom stereocenters. The van der Waals surface area contributed by atoms with Gasteiger partial charge in [-0.15, -0.1) is 10.2 Å². The molecule has 0 fully saturated rings. The van der Waals surface area contributed by atoms with Crippen molar-refractivity contribution in [2.24, 2.45) is 5.92 Å². The second-order valence-corrected chi connectivity index (χ2v) is 6.46. The van der Waals surface area contributed by atoms with Gasteiger partial charge in [0.15, 0.2) is 6.10 Å². The van der Waals surface area contributed by atoms with Crippen LogP contribution in [0.2, 0.25) is 0 Å². The Morgan fingerprint density at radius 3 is 2.83 bits per heavy atom. The smallest absolute Gasteiger partial charge is 0.265 e. The van der Waals surface area contributed by atoms with E-state index < -0.39 is 6.10 Å². The van der Waals surface area contributed by atoms with Gasteiger partial charge in [0.05, 0.1) is 5.69 Å². The zero-order valence-corrected chi connectivity index (χ0v) is 14.3. The Labute approximate surface area is 140 Å². The largest absolute Gasteiger partial charge is 0.479 e. The molecular formula is C17H22N4O3. The van der Waals surface area contributed by atoms with Gasteiger partial charge in [-0.2, -0.15) is 0 Å². The Balaban J connectivity index is 1.71. The highest BCUT2D eigenvalue weighted by atomic mass is 16.5. The number of carbonyl (C=O) groups excluding carboxylic acids is 1. The first-order chi connectivity index (χ1) is 11.4. The van der Waals surface area contributed by atoms with E-state index >= 15 is 0 Å². The quantitative estimate of drug-likeness (QED) is 0.875. The van der Waals surface area contributed by atoms with E-state index in [1.54, 1.807) is 6.92 Å². The first-order valence-corrected chi connectivity index (χ1v) is 8.12. The van der Waals surface area contributed by atoms with Crippen molar-refractivity contribution in [3.63, 3.8) is 0 Å². The third-order valence-corrected chi connectivity index (χ3v) is 3.73. The fraction of sp³-hybridized carbons (Fsp3) is 0.471. The maximum absolute atomic E-state index is 11.7. The molecule has 128 valence electrons. The molecule has 1 amide bonds. The van der Waals surface area contributed by atoms with E-state index in [1.165, 1.54) is 0 Å². The standard InChI is InChI=1S/C17H22N4O3/c1-9(2)7-15-20-21-17(24-15)10(3)18-12-5-6-14-13(8-12)19-16(22)11(4)23-14/h5-6,8-11,18H,7H2,1-4H3,(H,19,22)/t10-,11+/m1/s1. The van der Waals surface area contributed by atoms with Crippen molar-refractivity contribution in [2.75, 3.05) is 10.6 Å². The summed E-state index contributed by atoms with van der Waals surface area (Å²) >= 11 is 0. The van der Waals surface area contributed by atoms with Gasteiger partial charge in [0.1, 0.15) is 11.8 Å². The summed E-state index contributed by atoms with van der Waals surface area (Å²) in [6.07, 6.45) is 0.285. The summed E-state index contributed by atoms with van der Waals surface area (Å²) in [5.41, 5.74) is 1.49. The van der Waals surface area contributed by atoms with Crippen molar-refractivity contribution in [3.8, 4) is 5.75 Å². The number of nitrogens with zero attached hydrogens (tertiary/aromatic N) is 2. The average molecular weight is 330 g/mol. The monoisotopic (exact) mass is 330 g/mol. The molecule has 0 saturated carbocycles. The Bertz CT molecular complexity index is 741. The van der Waals surface area contributed by atoms with Gasteiger partial charge in [0.25, 0.3) is 5.91 Å². The van der Waals surface area contributed by atoms with Crippen molar-refractivity contribution in [1.29, 1.82) is 0 Å². The third-order valence-electron chi connectivity index (χ3n) is 3.73. The van der Waals surface area contributed by atoms with Gasteiger partial charge in [-0.05, 0) is 38.0 Å². The summed E-state index contributed by atoms with van der Waals surface area (Å²) in [6, 6.07) is 5.42. The third kappa shape index (κ3) is 3.50. The normalized spacial score (nSPS) is 17.9. The lowest BCUT2D eigenvalue weighted by molar-refractivity contribution is -0.122. The van der Waals surface area contributed by atoms with E-state index in [-0.39, 0.29) is 11.9 Å². The zero-order chi connectivity index (χ0) is 17.3. The van der Waals surface area contributed by atoms with E-state index in [2.05, 4.69) is 34.7 Å². The summed E-state index contributed by atoms with van der Waals surface area (Å²) in [4.78, 5) is 11.7. The van der Waals surface area contributed by atoms with Crippen LogP contribution in [0.4, 0.5) is 11.4 Å². The number of benzene rings is 1. The van der Waals surface area contributed by atoms with Crippen LogP contribution in [-0.4, -0.2) is 22.2 Å². The average Bonchev–Trinajstić information content (AvgIpc) is 2.96. The predicted octanol–water partition coefficient (Wildman–Crippen LogP) is 3.16. The minimum absolute atomic E-state index is 0.143. The van der Waals surface area contributed by atoms with Gasteiger partial charge in [-0.3, -0.25) is 4.79 Å². The number of nitrogens with one attached hydrogen (secondary N) is 2. The molecule has 0 saturated heterocycles. The van der Waals surface area contributed by atoms with E-state index in [9.17, 15) is 4.79 Å². The number of aromatic nitrogens is 2. The van der Waals surface area contributed by atoms with Crippen LogP contribution in [0.3, 0.4) is 0 Å². The SMILES string of the molecule is CC(C)Cc1nnc([C@@H](C)Nc2ccc3c(c2)NC(=O)[C@H](C)O3)o1. The van der Waals surface area contributed by atoms with Gasteiger partial charge in [-0.1, -0.05) is 13.8 Å². The maximum Gasteiger partial charge on any atom is 0.265 e. The van der Waals surface area contributed by atoms with Crippen molar-refractivity contribution in [3.05, 3.63) is 30.0 Å². The molecule has 1 aliphatic heterocycles. The van der Waals surface area contributed by atoms with Crippen LogP contribution >= 0.6 is 0 Å². The molecule has 3 rings (SSSR count). The molecule has 0 aliphatic carbocycles. The molecule has 0 spiro atoms. The minimum Gasteiger partial charge on any atom is -0.479 e. The summed E-state index contributed by atoms with van der Waals surface area (Å²) in [6.45, 7) is 7.88. The minimum atomic E-state index is -0.479. The Morgan fingerprint density at radius 2 is 2.08 bits per heavy atom. The highest BCUT2D eigenvalue weighted by Gasteiger charge is 2.24. The van der Waals surface area contributed by atoms with Crippen molar-refractivity contribution in [1.82, 2.24) is 10.2 Å². The van der Waals surface area contributed by atoms with E-state index in [4.69, 9.17) is 9.15 Å². The first-order valence-electron chi connectivity index (χ1n) is 8.12. The Morgan fingerprint density at radius 1 is 1.29 bits per heavy atom. The van der Waals surface area contributed by atoms with Crippen molar-refractivity contribution in [2.45, 2.75) is 46.3 Å². The summed E-state index contributed by atoms with van der Waals surface area (Å²) in [7, 11) is 0. The highest BCUT2D eigenvalue weighted by Crippen LogP contribution is 2.33. The molecule has 24 heavy (non-hydrogen) atoms. The molecule has 2 atom stereocenters. The molecule has 0 bridgehead atoms. The van der Waals surface area contributed by atoms with Crippen LogP contribution in [0, 0.1) is 5.92 Å². The lowest BCUT2D eigenvalue weighted by atomic mass is 10.1. The fourth-order valence-corrected chi connectivity index (χ4v) is 2.48. The molecule has 2 heterocycles. The number of rotatable bonds is 5. The highest BCUT2D eigenvalue weighted by molar-refractivity contribution is 5.98. The predicted molar refractivity (Wildman–Crippen MR) is 90.0 cm³/mol. The van der Waals surface area contributed by atoms with Gasteiger partial charge in [-0.25, -0.2) is 0 Å². The lowest BCUT2D eigenvalue weighted by Crippen LogP contribution is -2.34. The van der Waals surface area contributed by atoms with Gasteiger partial charge in [0.2, 0.25) is 11.8 Å². The van der Waals surface area contributed by atoms with Crippen LogP contribution < -0.4 is 15.4 Å². The number of fused-ring (bicyclic) bond motifs is 1. The van der Waals surface area contributed by atoms with Crippen LogP contribution in [0.25, 0.3) is 0 Å². The number of carbonyl (C=O) groups is 1. The molecule has 0 radical (unpaired) electrons. The number of hydrogen-bond acceptors (Lipinski definition) is 6. The van der Waals surface area contributed by atoms with Crippen molar-refractivity contribution < 1.29 is 13.9 Å². The lowest BCUT2D eigenvalue weighted by Gasteiger charge is -2.24. The van der Waals surface area contributed by atoms with Gasteiger partial charge >= 0.3 is 0 Å². The summed E-state index contributed by atoms with van der Waals surface area (Å²) in [5, 5.41) is 14.3. The first kappa shape index (κ1) is 16.3. The molecule has 1 aliphatic rings. The molecule has 7 nitrogen and oxygen atoms in total. The van der Waals surface area contributed by atoms with E-state index in [0.717, 1.165) is 12.1 Å². The number of anilines is 2. The van der Waals surface area contributed by atoms with Crippen LogP contribution in [0.1, 0.15) is 45.5 Å². The number of ether oxygens (including phenoxy) is 1. The second-order valence-electron chi connectivity index (χ2n) is 6.46. The van der Waals surface area contributed by atoms with Crippen LogP contribution in [-0.2, 0) is 11.2 Å². The Hall–Kier alpha value is -2.57. The molecule has 2 N–H and O–H groups in total. The Kier molecular flexibility index (Phi) is 4.42. The topological polar surface area (TPSA) is 89.3 Å². The van der Waals surface area contributed by atoms with Crippen LogP contribution in [0.15, 0.2) is 22.6 Å². The second kappa shape index (κ2) is 6.51. The summed E-state index contributed by atoms with van der Waals surface area (Å²) < 4.78 is 11.2. The van der Waals surface area contributed by atoms with E-state index in [1.807, 2.05) is 25.1 Å². The van der Waals surface area contributed by atoms with Gasteiger partial charge < -0.3 is 19.8 Å². The zero-order valence-electron chi connectivity index (χ0n) is 14.3. The molecule has 1 aromatic heterocycles. The van der Waals surface area contributed by atoms with E-state index in [0.29, 0.717) is 29.1 Å². The number of amides is 1. The molecule has 7 heteroatoms. The molecular weight excluding hydrogens is 308 g/mol. The van der Waals surface area contributed by atoms with Crippen LogP contribution in [0.5, 0.6) is 5.75 Å². The molecule has 2 aromatic rings. The van der Waals surface area contributed by atoms with Gasteiger partial charge in [0, 0.05) is 12.1 Å². The van der Waals surface area contributed by atoms with Crippen molar-refractivity contribution >= 4 is 17.3 Å². The summed E-state index contributed by atoms with van der Waals surface area (Å²) in [5.74, 6) is 2.17. The maximum atomic E-state index is 11.7. The number of hydrogen-bond donors (Lipinski definition) is 2. The fourth-order valence-electron chi connectivity index (χ4n) is 2.48. The molecule has 1 aromatic carbocycles.